The van der Waals surface area contributed by atoms with Crippen LogP contribution in [0.5, 0.6) is 0 Å². The maximum atomic E-state index is 12.1. The molecular weight excluding hydrogens is 352 g/mol. The average Bonchev–Trinajstić information content (AvgIpc) is 2.62. The number of aliphatic hydroxyl groups is 2. The zero-order chi connectivity index (χ0) is 20.5. The number of carbonyl (C=O) groups excluding carboxylic acids is 1. The van der Waals surface area contributed by atoms with Crippen molar-refractivity contribution in [3.8, 4) is 0 Å². The molecule has 0 amide bonds. The quantitative estimate of drug-likeness (QED) is 0.575. The van der Waals surface area contributed by atoms with Gasteiger partial charge in [-0.15, -0.1) is 0 Å². The maximum absolute atomic E-state index is 12.1. The van der Waals surface area contributed by atoms with Crippen molar-refractivity contribution in [2.75, 3.05) is 0 Å². The summed E-state index contributed by atoms with van der Waals surface area (Å²) in [5.74, 6) is -0.361. The van der Waals surface area contributed by atoms with Gasteiger partial charge in [-0.3, -0.25) is 0 Å². The van der Waals surface area contributed by atoms with Crippen molar-refractivity contribution in [2.45, 2.75) is 134 Å². The van der Waals surface area contributed by atoms with Gasteiger partial charge in [-0.1, -0.05) is 83.1 Å². The Hall–Kier alpha value is -0.870. The van der Waals surface area contributed by atoms with Gasteiger partial charge in [0.05, 0.1) is 12.2 Å². The third kappa shape index (κ3) is 15.1. The summed E-state index contributed by atoms with van der Waals surface area (Å²) in [7, 11) is 0. The number of hydrogen-bond donors (Lipinski definition) is 2. The van der Waals surface area contributed by atoms with Crippen LogP contribution in [0.3, 0.4) is 0 Å². The van der Waals surface area contributed by atoms with Crippen LogP contribution >= 0.6 is 0 Å². The van der Waals surface area contributed by atoms with Crippen molar-refractivity contribution in [3.63, 3.8) is 0 Å². The van der Waals surface area contributed by atoms with E-state index in [-0.39, 0.29) is 5.97 Å². The lowest BCUT2D eigenvalue weighted by Crippen LogP contribution is -2.26. The summed E-state index contributed by atoms with van der Waals surface area (Å²) < 4.78 is 5.50. The minimum Gasteiger partial charge on any atom is -0.459 e. The second-order valence-electron chi connectivity index (χ2n) is 8.61. The van der Waals surface area contributed by atoms with Gasteiger partial charge in [-0.25, -0.2) is 4.79 Å². The number of cyclic esters (lactones) is 1. The minimum atomic E-state index is -0.549. The van der Waals surface area contributed by atoms with Gasteiger partial charge in [0.1, 0.15) is 6.10 Å². The average molecular weight is 397 g/mol. The molecule has 0 aromatic carbocycles. The van der Waals surface area contributed by atoms with Gasteiger partial charge in [-0.05, 0) is 26.2 Å². The molecule has 0 unspecified atom stereocenters. The van der Waals surface area contributed by atoms with Crippen LogP contribution in [-0.2, 0) is 9.53 Å². The lowest BCUT2D eigenvalue weighted by molar-refractivity contribution is -0.145. The van der Waals surface area contributed by atoms with E-state index in [0.717, 1.165) is 32.1 Å². The SMILES string of the molecule is C[C@@H](O)C[C@@H]1C[C@H](O)CCCCCCCCCCCCCCC/C=C\C(=O)O1. The van der Waals surface area contributed by atoms with E-state index in [1.165, 1.54) is 70.3 Å². The summed E-state index contributed by atoms with van der Waals surface area (Å²) in [6.07, 6.45) is 20.8. The second-order valence-corrected chi connectivity index (χ2v) is 8.61. The van der Waals surface area contributed by atoms with E-state index < -0.39 is 18.3 Å². The number of carbonyl (C=O) groups is 1. The largest absolute Gasteiger partial charge is 0.459 e. The van der Waals surface area contributed by atoms with Gasteiger partial charge in [0.15, 0.2) is 0 Å². The molecule has 0 saturated heterocycles. The highest BCUT2D eigenvalue weighted by Crippen LogP contribution is 2.17. The molecule has 2 N–H and O–H groups in total. The van der Waals surface area contributed by atoms with E-state index in [1.807, 2.05) is 6.08 Å². The lowest BCUT2D eigenvalue weighted by Gasteiger charge is -2.21. The van der Waals surface area contributed by atoms with Crippen LogP contribution in [-0.4, -0.2) is 34.5 Å². The van der Waals surface area contributed by atoms with Gasteiger partial charge < -0.3 is 14.9 Å². The van der Waals surface area contributed by atoms with Crippen molar-refractivity contribution in [2.24, 2.45) is 0 Å². The zero-order valence-corrected chi connectivity index (χ0v) is 18.1. The maximum Gasteiger partial charge on any atom is 0.330 e. The van der Waals surface area contributed by atoms with E-state index in [2.05, 4.69) is 0 Å². The van der Waals surface area contributed by atoms with Gasteiger partial charge >= 0.3 is 5.97 Å². The molecule has 0 bridgehead atoms. The number of allylic oxidation sites excluding steroid dienone is 1. The second kappa shape index (κ2) is 17.0. The molecule has 0 saturated carbocycles. The summed E-state index contributed by atoms with van der Waals surface area (Å²) in [5, 5.41) is 20.0. The molecular formula is C24H44O4. The number of ether oxygens (including phenoxy) is 1. The molecule has 28 heavy (non-hydrogen) atoms. The Morgan fingerprint density at radius 1 is 0.929 bits per heavy atom. The Bertz CT molecular complexity index is 405. The van der Waals surface area contributed by atoms with Crippen molar-refractivity contribution in [1.29, 1.82) is 0 Å². The fraction of sp³-hybridized carbons (Fsp3) is 0.875. The first-order valence-corrected chi connectivity index (χ1v) is 11.8. The zero-order valence-electron chi connectivity index (χ0n) is 18.1. The molecule has 164 valence electrons. The predicted octanol–water partition coefficient (Wildman–Crippen LogP) is 5.84. The Balaban J connectivity index is 2.47. The monoisotopic (exact) mass is 396 g/mol. The minimum absolute atomic E-state index is 0.361. The Morgan fingerprint density at radius 2 is 1.43 bits per heavy atom. The summed E-state index contributed by atoms with van der Waals surface area (Å²) in [6.45, 7) is 1.69. The summed E-state index contributed by atoms with van der Waals surface area (Å²) in [5.41, 5.74) is 0. The summed E-state index contributed by atoms with van der Waals surface area (Å²) in [6, 6.07) is 0. The molecule has 1 rings (SSSR count). The van der Waals surface area contributed by atoms with E-state index in [9.17, 15) is 15.0 Å². The van der Waals surface area contributed by atoms with Crippen LogP contribution in [0.4, 0.5) is 0 Å². The van der Waals surface area contributed by atoms with E-state index >= 15 is 0 Å². The van der Waals surface area contributed by atoms with Gasteiger partial charge in [-0.2, -0.15) is 0 Å². The Morgan fingerprint density at radius 3 is 1.96 bits per heavy atom. The first-order chi connectivity index (χ1) is 13.6. The van der Waals surface area contributed by atoms with Gasteiger partial charge in [0.25, 0.3) is 0 Å². The molecule has 1 aliphatic heterocycles. The van der Waals surface area contributed by atoms with Crippen molar-refractivity contribution in [3.05, 3.63) is 12.2 Å². The fourth-order valence-electron chi connectivity index (χ4n) is 3.96. The Labute approximate surface area is 172 Å². The van der Waals surface area contributed by atoms with Gasteiger partial charge in [0, 0.05) is 18.9 Å². The summed E-state index contributed by atoms with van der Waals surface area (Å²) in [4.78, 5) is 12.1. The standard InChI is InChI=1S/C24H44O4/c1-21(25)19-23-20-22(26)17-15-13-11-9-7-5-3-2-4-6-8-10-12-14-16-18-24(27)28-23/h16,18,21-23,25-26H,2-15,17,19-20H2,1H3/b18-16-/t21-,22-,23-/m1/s1. The molecule has 3 atom stereocenters. The van der Waals surface area contributed by atoms with Crippen molar-refractivity contribution < 1.29 is 19.7 Å². The van der Waals surface area contributed by atoms with Crippen LogP contribution in [0.1, 0.15) is 116 Å². The molecule has 0 aromatic heterocycles. The smallest absolute Gasteiger partial charge is 0.330 e. The molecule has 0 aliphatic carbocycles. The molecule has 1 aliphatic rings. The highest BCUT2D eigenvalue weighted by atomic mass is 16.5. The predicted molar refractivity (Wildman–Crippen MR) is 115 cm³/mol. The van der Waals surface area contributed by atoms with Crippen LogP contribution in [0.25, 0.3) is 0 Å². The molecule has 0 aromatic rings. The number of esters is 1. The fourth-order valence-corrected chi connectivity index (χ4v) is 3.96. The summed E-state index contributed by atoms with van der Waals surface area (Å²) >= 11 is 0. The third-order valence-corrected chi connectivity index (χ3v) is 5.58. The molecule has 0 spiro atoms. The highest BCUT2D eigenvalue weighted by molar-refractivity contribution is 5.82. The lowest BCUT2D eigenvalue weighted by atomic mass is 10.00. The molecule has 0 radical (unpaired) electrons. The van der Waals surface area contributed by atoms with E-state index in [4.69, 9.17) is 4.74 Å². The molecule has 1 heterocycles. The number of hydrogen-bond acceptors (Lipinski definition) is 4. The Kier molecular flexibility index (Phi) is 15.3. The number of aliphatic hydroxyl groups excluding tert-OH is 2. The van der Waals surface area contributed by atoms with Crippen molar-refractivity contribution in [1.82, 2.24) is 0 Å². The number of rotatable bonds is 2. The molecule has 0 fully saturated rings. The third-order valence-electron chi connectivity index (χ3n) is 5.58. The van der Waals surface area contributed by atoms with Crippen LogP contribution in [0.15, 0.2) is 12.2 Å². The van der Waals surface area contributed by atoms with Crippen LogP contribution < -0.4 is 0 Å². The highest BCUT2D eigenvalue weighted by Gasteiger charge is 2.19. The van der Waals surface area contributed by atoms with E-state index in [0.29, 0.717) is 12.8 Å². The normalized spacial score (nSPS) is 28.3. The van der Waals surface area contributed by atoms with E-state index in [1.54, 1.807) is 6.92 Å². The van der Waals surface area contributed by atoms with Crippen LogP contribution in [0, 0.1) is 0 Å². The topological polar surface area (TPSA) is 66.8 Å². The first-order valence-electron chi connectivity index (χ1n) is 11.8. The van der Waals surface area contributed by atoms with Gasteiger partial charge in [0.2, 0.25) is 0 Å². The molecule has 4 heteroatoms. The molecule has 4 nitrogen and oxygen atoms in total. The van der Waals surface area contributed by atoms with Crippen molar-refractivity contribution >= 4 is 5.97 Å². The van der Waals surface area contributed by atoms with Crippen LogP contribution in [0.2, 0.25) is 0 Å². The first kappa shape index (κ1) is 25.2.